The zero-order valence-electron chi connectivity index (χ0n) is 13.5. The summed E-state index contributed by atoms with van der Waals surface area (Å²) in [5, 5.41) is 4.60. The fraction of sp³-hybridized carbons (Fsp3) is 0.222. The highest BCUT2D eigenvalue weighted by atomic mass is 35.5. The van der Waals surface area contributed by atoms with Crippen LogP contribution >= 0.6 is 46.4 Å². The highest BCUT2D eigenvalue weighted by Gasteiger charge is 2.11. The first-order valence-electron chi connectivity index (χ1n) is 7.65. The average Bonchev–Trinajstić information content (AvgIpc) is 2.57. The smallest absolute Gasteiger partial charge is 0.310 e. The summed E-state index contributed by atoms with van der Waals surface area (Å²) in [5.41, 5.74) is 1.45. The molecular weight excluding hydrogens is 420 g/mol. The Hall–Kier alpha value is -1.46. The summed E-state index contributed by atoms with van der Waals surface area (Å²) in [7, 11) is 0. The molecule has 138 valence electrons. The first-order valence-corrected chi connectivity index (χ1v) is 9.16. The third kappa shape index (κ3) is 6.69. The summed E-state index contributed by atoms with van der Waals surface area (Å²) in [6, 6.07) is 9.98. The molecule has 2 aromatic carbocycles. The van der Waals surface area contributed by atoms with Crippen molar-refractivity contribution < 1.29 is 14.3 Å². The van der Waals surface area contributed by atoms with Crippen LogP contribution in [0.4, 0.5) is 0 Å². The topological polar surface area (TPSA) is 55.4 Å². The van der Waals surface area contributed by atoms with Crippen LogP contribution in [0.2, 0.25) is 20.1 Å². The Morgan fingerprint density at radius 2 is 1.46 bits per heavy atom. The van der Waals surface area contributed by atoms with E-state index in [9.17, 15) is 9.59 Å². The SMILES string of the molecule is O=C(COC(=O)Cc1ccc(Cl)cc1Cl)NCCc1ccc(Cl)cc1Cl. The molecule has 8 heteroatoms. The Labute approximate surface area is 171 Å². The number of hydrogen-bond donors (Lipinski definition) is 1. The van der Waals surface area contributed by atoms with Gasteiger partial charge < -0.3 is 10.1 Å². The Bertz CT molecular complexity index is 811. The van der Waals surface area contributed by atoms with Crippen LogP contribution in [0.5, 0.6) is 0 Å². The molecule has 0 aromatic heterocycles. The van der Waals surface area contributed by atoms with Crippen LogP contribution < -0.4 is 5.32 Å². The Morgan fingerprint density at radius 1 is 0.885 bits per heavy atom. The molecule has 0 unspecified atom stereocenters. The summed E-state index contributed by atoms with van der Waals surface area (Å²) in [6.45, 7) is -0.000852. The van der Waals surface area contributed by atoms with Gasteiger partial charge in [-0.2, -0.15) is 0 Å². The van der Waals surface area contributed by atoms with Crippen molar-refractivity contribution in [3.63, 3.8) is 0 Å². The lowest BCUT2D eigenvalue weighted by atomic mass is 10.1. The van der Waals surface area contributed by atoms with E-state index in [0.29, 0.717) is 38.6 Å². The van der Waals surface area contributed by atoms with Gasteiger partial charge in [0.25, 0.3) is 5.91 Å². The minimum absolute atomic E-state index is 0.0380. The van der Waals surface area contributed by atoms with E-state index in [1.807, 2.05) is 0 Å². The van der Waals surface area contributed by atoms with Crippen molar-refractivity contribution in [1.29, 1.82) is 0 Å². The quantitative estimate of drug-likeness (QED) is 0.640. The van der Waals surface area contributed by atoms with Crippen molar-refractivity contribution in [3.05, 3.63) is 67.6 Å². The predicted octanol–water partition coefficient (Wildman–Crippen LogP) is 4.74. The van der Waals surface area contributed by atoms with Crippen LogP contribution in [0.25, 0.3) is 0 Å². The molecule has 26 heavy (non-hydrogen) atoms. The molecule has 0 fully saturated rings. The molecule has 0 heterocycles. The van der Waals surface area contributed by atoms with E-state index in [2.05, 4.69) is 5.32 Å². The summed E-state index contributed by atoms with van der Waals surface area (Å²) >= 11 is 23.7. The standard InChI is InChI=1S/C18H15Cl4NO3/c19-13-3-1-11(15(21)8-13)5-6-23-17(24)10-26-18(25)7-12-2-4-14(20)9-16(12)22/h1-4,8-9H,5-7,10H2,(H,23,24). The number of amides is 1. The second-order valence-electron chi connectivity index (χ2n) is 5.41. The number of hydrogen-bond acceptors (Lipinski definition) is 3. The van der Waals surface area contributed by atoms with Crippen molar-refractivity contribution in [2.24, 2.45) is 0 Å². The van der Waals surface area contributed by atoms with E-state index in [1.54, 1.807) is 36.4 Å². The van der Waals surface area contributed by atoms with Gasteiger partial charge in [-0.25, -0.2) is 0 Å². The van der Waals surface area contributed by atoms with Gasteiger partial charge in [0.05, 0.1) is 6.42 Å². The molecule has 0 saturated heterocycles. The van der Waals surface area contributed by atoms with Gasteiger partial charge in [-0.3, -0.25) is 9.59 Å². The maximum atomic E-state index is 11.8. The Morgan fingerprint density at radius 3 is 2.04 bits per heavy atom. The van der Waals surface area contributed by atoms with Crippen LogP contribution in [0.15, 0.2) is 36.4 Å². The van der Waals surface area contributed by atoms with Gasteiger partial charge in [0.2, 0.25) is 0 Å². The highest BCUT2D eigenvalue weighted by Crippen LogP contribution is 2.22. The fourth-order valence-electron chi connectivity index (χ4n) is 2.13. The zero-order valence-corrected chi connectivity index (χ0v) is 16.6. The lowest BCUT2D eigenvalue weighted by molar-refractivity contribution is -0.147. The lowest BCUT2D eigenvalue weighted by Gasteiger charge is -2.08. The molecule has 2 rings (SSSR count). The maximum absolute atomic E-state index is 11.8. The first kappa shape index (κ1) is 20.8. The number of halogens is 4. The molecule has 0 aliphatic rings. The molecule has 0 bridgehead atoms. The third-order valence-electron chi connectivity index (χ3n) is 3.45. The van der Waals surface area contributed by atoms with Gasteiger partial charge in [0.1, 0.15) is 0 Å². The molecule has 0 atom stereocenters. The van der Waals surface area contributed by atoms with Crippen molar-refractivity contribution in [1.82, 2.24) is 5.32 Å². The molecule has 1 amide bonds. The summed E-state index contributed by atoms with van der Waals surface area (Å²) in [4.78, 5) is 23.6. The number of nitrogens with one attached hydrogen (secondary N) is 1. The molecule has 0 spiro atoms. The third-order valence-corrected chi connectivity index (χ3v) is 4.62. The minimum atomic E-state index is -0.551. The van der Waals surface area contributed by atoms with Gasteiger partial charge in [-0.1, -0.05) is 58.5 Å². The maximum Gasteiger partial charge on any atom is 0.310 e. The molecule has 0 radical (unpaired) electrons. The number of esters is 1. The number of benzene rings is 2. The molecule has 0 saturated carbocycles. The van der Waals surface area contributed by atoms with Crippen molar-refractivity contribution >= 4 is 58.3 Å². The van der Waals surface area contributed by atoms with Crippen LogP contribution in [-0.4, -0.2) is 25.0 Å². The number of ether oxygens (including phenoxy) is 1. The second-order valence-corrected chi connectivity index (χ2v) is 7.10. The number of carbonyl (C=O) groups excluding carboxylic acids is 2. The van der Waals surface area contributed by atoms with Gasteiger partial charge in [-0.05, 0) is 41.8 Å². The van der Waals surface area contributed by atoms with Crippen molar-refractivity contribution in [3.8, 4) is 0 Å². The van der Waals surface area contributed by atoms with Gasteiger partial charge in [0.15, 0.2) is 6.61 Å². The molecule has 0 aliphatic heterocycles. The van der Waals surface area contributed by atoms with E-state index in [1.165, 1.54) is 0 Å². The van der Waals surface area contributed by atoms with E-state index in [4.69, 9.17) is 51.1 Å². The van der Waals surface area contributed by atoms with Crippen molar-refractivity contribution in [2.75, 3.05) is 13.2 Å². The van der Waals surface area contributed by atoms with Crippen LogP contribution in [-0.2, 0) is 27.2 Å². The average molecular weight is 435 g/mol. The number of carbonyl (C=O) groups is 2. The van der Waals surface area contributed by atoms with E-state index < -0.39 is 11.9 Å². The summed E-state index contributed by atoms with van der Waals surface area (Å²) in [6.07, 6.45) is 0.500. The predicted molar refractivity (Wildman–Crippen MR) is 104 cm³/mol. The molecular formula is C18H15Cl4NO3. The van der Waals surface area contributed by atoms with Gasteiger partial charge in [-0.15, -0.1) is 0 Å². The van der Waals surface area contributed by atoms with E-state index in [0.717, 1.165) is 5.56 Å². The minimum Gasteiger partial charge on any atom is -0.455 e. The van der Waals surface area contributed by atoms with Crippen molar-refractivity contribution in [2.45, 2.75) is 12.8 Å². The molecule has 0 aliphatic carbocycles. The first-order chi connectivity index (χ1) is 12.3. The van der Waals surface area contributed by atoms with Crippen LogP contribution in [0.3, 0.4) is 0 Å². The number of rotatable bonds is 7. The highest BCUT2D eigenvalue weighted by molar-refractivity contribution is 6.35. The van der Waals surface area contributed by atoms with E-state index in [-0.39, 0.29) is 13.0 Å². The second kappa shape index (κ2) is 10.0. The summed E-state index contributed by atoms with van der Waals surface area (Å²) < 4.78 is 4.95. The molecule has 4 nitrogen and oxygen atoms in total. The largest absolute Gasteiger partial charge is 0.455 e. The zero-order chi connectivity index (χ0) is 19.1. The fourth-order valence-corrected chi connectivity index (χ4v) is 3.11. The molecule has 2 aromatic rings. The van der Waals surface area contributed by atoms with E-state index >= 15 is 0 Å². The summed E-state index contributed by atoms with van der Waals surface area (Å²) in [5.74, 6) is -0.948. The van der Waals surface area contributed by atoms with Crippen LogP contribution in [0.1, 0.15) is 11.1 Å². The molecule has 1 N–H and O–H groups in total. The van der Waals surface area contributed by atoms with Gasteiger partial charge >= 0.3 is 5.97 Å². The monoisotopic (exact) mass is 433 g/mol. The Balaban J connectivity index is 1.71. The van der Waals surface area contributed by atoms with Gasteiger partial charge in [0, 0.05) is 26.6 Å². The Kier molecular flexibility index (Phi) is 8.04. The van der Waals surface area contributed by atoms with Crippen LogP contribution in [0, 0.1) is 0 Å². The normalized spacial score (nSPS) is 10.5. The lowest BCUT2D eigenvalue weighted by Crippen LogP contribution is -2.30.